The van der Waals surface area contributed by atoms with E-state index < -0.39 is 18.0 Å². The number of nitrogens with zero attached hydrogens (tertiary/aromatic N) is 3. The molecule has 1 aromatic carbocycles. The summed E-state index contributed by atoms with van der Waals surface area (Å²) in [5.41, 5.74) is 3.88. The molecule has 1 aromatic heterocycles. The highest BCUT2D eigenvalue weighted by Gasteiger charge is 2.43. The van der Waals surface area contributed by atoms with E-state index in [-0.39, 0.29) is 18.2 Å². The molecule has 4 rings (SSSR count). The molecule has 3 heterocycles. The van der Waals surface area contributed by atoms with Crippen LogP contribution in [-0.4, -0.2) is 69.5 Å². The summed E-state index contributed by atoms with van der Waals surface area (Å²) in [5.74, 6) is -2.51. The van der Waals surface area contributed by atoms with Crippen molar-refractivity contribution in [1.82, 2.24) is 9.47 Å². The lowest BCUT2D eigenvalue weighted by Gasteiger charge is -2.47. The van der Waals surface area contributed by atoms with Crippen molar-refractivity contribution in [2.45, 2.75) is 25.0 Å². The highest BCUT2D eigenvalue weighted by molar-refractivity contribution is 5.96. The molecule has 2 unspecified atom stereocenters. The summed E-state index contributed by atoms with van der Waals surface area (Å²) in [7, 11) is 1.83. The minimum Gasteiger partial charge on any atom is -0.478 e. The smallest absolute Gasteiger partial charge is 0.333 e. The molecule has 2 aliphatic heterocycles. The molecule has 1 saturated heterocycles. The van der Waals surface area contributed by atoms with E-state index >= 15 is 0 Å². The van der Waals surface area contributed by atoms with Crippen molar-refractivity contribution in [1.29, 1.82) is 0 Å². The molecule has 8 heteroatoms. The van der Waals surface area contributed by atoms with Crippen molar-refractivity contribution >= 4 is 17.6 Å². The number of fused-ring (bicyclic) bond motifs is 5. The summed E-state index contributed by atoms with van der Waals surface area (Å²) in [5, 5.41) is 28.7. The standard InChI is InChI=1S/C22H25N3O5/c1-23-9-10-24-17-5-3-2-4-14(17)13-25-15(8-11-26)6-7-18(25)21(24)20(23)16(22(29)30)12-19(27)28/h2-7,12,20-21,26H,8-11,13H2,1H3,(H,27,28)(H,29,30). The van der Waals surface area contributed by atoms with Crippen LogP contribution < -0.4 is 4.90 Å². The maximum atomic E-state index is 12.1. The van der Waals surface area contributed by atoms with E-state index in [1.165, 1.54) is 0 Å². The van der Waals surface area contributed by atoms with E-state index in [1.54, 1.807) is 0 Å². The normalized spacial score (nSPS) is 21.4. The first-order valence-corrected chi connectivity index (χ1v) is 9.94. The maximum Gasteiger partial charge on any atom is 0.333 e. The van der Waals surface area contributed by atoms with Gasteiger partial charge in [0.15, 0.2) is 0 Å². The van der Waals surface area contributed by atoms with Crippen LogP contribution in [0.5, 0.6) is 0 Å². The number of carboxylic acid groups (broad SMARTS) is 2. The fourth-order valence-corrected chi connectivity index (χ4v) is 4.77. The third-order valence-corrected chi connectivity index (χ3v) is 6.05. The van der Waals surface area contributed by atoms with Crippen molar-refractivity contribution in [3.8, 4) is 0 Å². The van der Waals surface area contributed by atoms with Gasteiger partial charge in [-0.3, -0.25) is 4.90 Å². The van der Waals surface area contributed by atoms with Crippen molar-refractivity contribution in [3.63, 3.8) is 0 Å². The van der Waals surface area contributed by atoms with E-state index in [4.69, 9.17) is 0 Å². The molecule has 8 nitrogen and oxygen atoms in total. The number of anilines is 1. The Balaban J connectivity index is 1.95. The zero-order chi connectivity index (χ0) is 21.4. The number of rotatable bonds is 5. The van der Waals surface area contributed by atoms with Crippen molar-refractivity contribution in [2.24, 2.45) is 0 Å². The van der Waals surface area contributed by atoms with Gasteiger partial charge in [-0.1, -0.05) is 18.2 Å². The Kier molecular flexibility index (Phi) is 5.36. The lowest BCUT2D eigenvalue weighted by Crippen LogP contribution is -2.55. The summed E-state index contributed by atoms with van der Waals surface area (Å²) < 4.78 is 2.13. The number of hydrogen-bond donors (Lipinski definition) is 3. The molecule has 0 saturated carbocycles. The van der Waals surface area contributed by atoms with E-state index in [1.807, 2.05) is 42.3 Å². The second-order valence-electron chi connectivity index (χ2n) is 7.74. The Morgan fingerprint density at radius 3 is 2.60 bits per heavy atom. The molecule has 2 aliphatic rings. The van der Waals surface area contributed by atoms with Crippen molar-refractivity contribution in [3.05, 3.63) is 65.0 Å². The van der Waals surface area contributed by atoms with Gasteiger partial charge in [-0.25, -0.2) is 9.59 Å². The average Bonchev–Trinajstić information content (AvgIpc) is 3.02. The number of aliphatic carboxylic acids is 2. The third kappa shape index (κ3) is 3.38. The van der Waals surface area contributed by atoms with Crippen LogP contribution in [0.2, 0.25) is 0 Å². The predicted molar refractivity (Wildman–Crippen MR) is 111 cm³/mol. The highest BCUT2D eigenvalue weighted by atomic mass is 16.4. The van der Waals surface area contributed by atoms with E-state index in [0.717, 1.165) is 28.7 Å². The number of carbonyl (C=O) groups is 2. The largest absolute Gasteiger partial charge is 0.478 e. The Morgan fingerprint density at radius 2 is 1.90 bits per heavy atom. The lowest BCUT2D eigenvalue weighted by atomic mass is 9.90. The van der Waals surface area contributed by atoms with Crippen LogP contribution in [0.3, 0.4) is 0 Å². The van der Waals surface area contributed by atoms with Crippen LogP contribution in [-0.2, 0) is 22.6 Å². The topological polar surface area (TPSA) is 106 Å². The van der Waals surface area contributed by atoms with Crippen LogP contribution in [0.15, 0.2) is 48.0 Å². The zero-order valence-corrected chi connectivity index (χ0v) is 16.7. The van der Waals surface area contributed by atoms with Gasteiger partial charge in [0.05, 0.1) is 17.7 Å². The summed E-state index contributed by atoms with van der Waals surface area (Å²) in [4.78, 5) is 27.6. The molecule has 158 valence electrons. The molecule has 3 N–H and O–H groups in total. The number of piperazine rings is 1. The second-order valence-corrected chi connectivity index (χ2v) is 7.74. The van der Waals surface area contributed by atoms with E-state index in [2.05, 4.69) is 15.5 Å². The van der Waals surface area contributed by atoms with Crippen molar-refractivity contribution in [2.75, 3.05) is 31.6 Å². The van der Waals surface area contributed by atoms with Crippen LogP contribution in [0.25, 0.3) is 0 Å². The fraction of sp³-hybridized carbons (Fsp3) is 0.364. The number of likely N-dealkylation sites (N-methyl/N-ethyl adjacent to an activating group) is 1. The van der Waals surface area contributed by atoms with Crippen LogP contribution in [0.1, 0.15) is 23.0 Å². The second kappa shape index (κ2) is 7.97. The van der Waals surface area contributed by atoms with Gasteiger partial charge in [0.25, 0.3) is 0 Å². The molecule has 2 aromatic rings. The quantitative estimate of drug-likeness (QED) is 0.638. The summed E-state index contributed by atoms with van der Waals surface area (Å²) in [6, 6.07) is 11.0. The molecule has 30 heavy (non-hydrogen) atoms. The Bertz CT molecular complexity index is 1010. The maximum absolute atomic E-state index is 12.1. The number of benzene rings is 1. The van der Waals surface area contributed by atoms with Crippen LogP contribution in [0.4, 0.5) is 5.69 Å². The number of aliphatic hydroxyl groups excluding tert-OH is 1. The zero-order valence-electron chi connectivity index (χ0n) is 16.7. The number of aliphatic hydroxyl groups is 1. The molecule has 1 fully saturated rings. The van der Waals surface area contributed by atoms with E-state index in [0.29, 0.717) is 26.1 Å². The summed E-state index contributed by atoms with van der Waals surface area (Å²) >= 11 is 0. The number of carboxylic acids is 2. The van der Waals surface area contributed by atoms with Gasteiger partial charge < -0.3 is 24.8 Å². The SMILES string of the molecule is CN1CCN2c3ccccc3Cn3c(CCO)ccc3C2C1C(=CC(=O)O)C(=O)O. The number of para-hydroxylation sites is 1. The monoisotopic (exact) mass is 411 g/mol. The molecule has 0 amide bonds. The predicted octanol–water partition coefficient (Wildman–Crippen LogP) is 1.34. The first kappa shape index (κ1) is 20.2. The fourth-order valence-electron chi connectivity index (χ4n) is 4.77. The molecular formula is C22H25N3O5. The van der Waals surface area contributed by atoms with E-state index in [9.17, 15) is 24.9 Å². The molecule has 0 bridgehead atoms. The van der Waals surface area contributed by atoms with Gasteiger partial charge in [0.2, 0.25) is 0 Å². The summed E-state index contributed by atoms with van der Waals surface area (Å²) in [6.07, 6.45) is 1.30. The first-order chi connectivity index (χ1) is 14.4. The van der Waals surface area contributed by atoms with Gasteiger partial charge >= 0.3 is 11.9 Å². The van der Waals surface area contributed by atoms with Gasteiger partial charge in [0.1, 0.15) is 0 Å². The lowest BCUT2D eigenvalue weighted by molar-refractivity contribution is -0.135. The Morgan fingerprint density at radius 1 is 1.13 bits per heavy atom. The highest BCUT2D eigenvalue weighted by Crippen LogP contribution is 2.42. The third-order valence-electron chi connectivity index (χ3n) is 6.05. The molecular weight excluding hydrogens is 386 g/mol. The Hall–Kier alpha value is -3.10. The first-order valence-electron chi connectivity index (χ1n) is 9.94. The van der Waals surface area contributed by atoms with Crippen LogP contribution in [0, 0.1) is 0 Å². The average molecular weight is 411 g/mol. The number of hydrogen-bond acceptors (Lipinski definition) is 5. The van der Waals surface area contributed by atoms with Gasteiger partial charge in [-0.2, -0.15) is 0 Å². The Labute approximate surface area is 174 Å². The molecule has 0 radical (unpaired) electrons. The molecule has 2 atom stereocenters. The van der Waals surface area contributed by atoms with Crippen molar-refractivity contribution < 1.29 is 24.9 Å². The van der Waals surface area contributed by atoms with Gasteiger partial charge in [-0.15, -0.1) is 0 Å². The minimum absolute atomic E-state index is 0.0160. The summed E-state index contributed by atoms with van der Waals surface area (Å²) in [6.45, 7) is 1.92. The minimum atomic E-state index is -1.27. The molecule has 0 spiro atoms. The molecule has 0 aliphatic carbocycles. The van der Waals surface area contributed by atoms with Gasteiger partial charge in [-0.05, 0) is 30.8 Å². The number of aromatic nitrogens is 1. The van der Waals surface area contributed by atoms with Gasteiger partial charge in [0, 0.05) is 55.8 Å². The van der Waals surface area contributed by atoms with Crippen LogP contribution >= 0.6 is 0 Å².